The van der Waals surface area contributed by atoms with Crippen LogP contribution in [0.25, 0.3) is 0 Å². The number of esters is 1. The van der Waals surface area contributed by atoms with E-state index in [2.05, 4.69) is 10.6 Å². The molecule has 0 aliphatic heterocycles. The molecule has 0 aliphatic carbocycles. The lowest BCUT2D eigenvalue weighted by Gasteiger charge is -2.26. The molecule has 0 radical (unpaired) electrons. The third-order valence-electron chi connectivity index (χ3n) is 3.52. The van der Waals surface area contributed by atoms with Crippen molar-refractivity contribution in [3.63, 3.8) is 0 Å². The minimum absolute atomic E-state index is 0.360. The molecular weight excluding hydrogens is 324 g/mol. The summed E-state index contributed by atoms with van der Waals surface area (Å²) >= 11 is 0. The van der Waals surface area contributed by atoms with Gasteiger partial charge in [0.05, 0.1) is 7.11 Å². The number of carbonyl (C=O) groups is 3. The summed E-state index contributed by atoms with van der Waals surface area (Å²) in [5.41, 5.74) is -0.836. The Morgan fingerprint density at radius 3 is 2.04 bits per heavy atom. The average molecular weight is 350 g/mol. The van der Waals surface area contributed by atoms with Crippen LogP contribution in [0.3, 0.4) is 0 Å². The van der Waals surface area contributed by atoms with Crippen LogP contribution in [-0.4, -0.2) is 36.2 Å². The number of hydrogen-bond donors (Lipinski definition) is 2. The molecular formula is C18H26N2O5. The molecule has 0 saturated carbocycles. The number of hydrogen-bond acceptors (Lipinski definition) is 5. The summed E-state index contributed by atoms with van der Waals surface area (Å²) in [5, 5.41) is 5.26. The van der Waals surface area contributed by atoms with Crippen LogP contribution in [0.1, 0.15) is 51.4 Å². The largest absolute Gasteiger partial charge is 0.467 e. The quantitative estimate of drug-likeness (QED) is 0.796. The predicted octanol–water partition coefficient (Wildman–Crippen LogP) is 3.11. The molecule has 138 valence electrons. The van der Waals surface area contributed by atoms with Gasteiger partial charge in [0.1, 0.15) is 11.1 Å². The highest BCUT2D eigenvalue weighted by Crippen LogP contribution is 2.16. The molecule has 1 aromatic carbocycles. The van der Waals surface area contributed by atoms with Gasteiger partial charge in [-0.3, -0.25) is 10.1 Å². The summed E-state index contributed by atoms with van der Waals surface area (Å²) in [5.74, 6) is -0.912. The van der Waals surface area contributed by atoms with Gasteiger partial charge in [0.15, 0.2) is 0 Å². The van der Waals surface area contributed by atoms with Gasteiger partial charge in [-0.1, -0.05) is 6.92 Å². The third kappa shape index (κ3) is 6.10. The van der Waals surface area contributed by atoms with E-state index in [1.54, 1.807) is 58.9 Å². The molecule has 7 heteroatoms. The molecule has 1 rings (SSSR count). The van der Waals surface area contributed by atoms with Gasteiger partial charge in [0, 0.05) is 11.3 Å². The molecule has 1 atom stereocenters. The highest BCUT2D eigenvalue weighted by Gasteiger charge is 2.34. The standard InChI is InChI=1S/C18H26N2O5/c1-7-18(5,15(22)24-6)20-14(21)12-8-10-13(11-9-12)19-16(23)25-17(2,3)4/h8-11H,7H2,1-6H3,(H,19,23)(H,20,21). The molecule has 7 nitrogen and oxygen atoms in total. The number of methoxy groups -OCH3 is 1. The van der Waals surface area contributed by atoms with Crippen molar-refractivity contribution in [2.24, 2.45) is 0 Å². The Morgan fingerprint density at radius 2 is 1.60 bits per heavy atom. The number of anilines is 1. The zero-order chi connectivity index (χ0) is 19.3. The number of nitrogens with one attached hydrogen (secondary N) is 2. The minimum atomic E-state index is -1.10. The maximum absolute atomic E-state index is 12.3. The first-order valence-corrected chi connectivity index (χ1v) is 8.02. The van der Waals surface area contributed by atoms with Crippen molar-refractivity contribution in [2.45, 2.75) is 52.2 Å². The Morgan fingerprint density at radius 1 is 1.04 bits per heavy atom. The fourth-order valence-corrected chi connectivity index (χ4v) is 1.96. The van der Waals surface area contributed by atoms with E-state index in [0.29, 0.717) is 17.7 Å². The lowest BCUT2D eigenvalue weighted by Crippen LogP contribution is -2.52. The number of carbonyl (C=O) groups excluding carboxylic acids is 3. The topological polar surface area (TPSA) is 93.7 Å². The van der Waals surface area contributed by atoms with E-state index < -0.39 is 29.1 Å². The summed E-state index contributed by atoms with van der Waals surface area (Å²) in [4.78, 5) is 35.9. The van der Waals surface area contributed by atoms with Crippen molar-refractivity contribution < 1.29 is 23.9 Å². The molecule has 0 saturated heterocycles. The van der Waals surface area contributed by atoms with Crippen molar-refractivity contribution in [1.82, 2.24) is 5.32 Å². The Balaban J connectivity index is 2.77. The van der Waals surface area contributed by atoms with Crippen molar-refractivity contribution in [1.29, 1.82) is 0 Å². The molecule has 0 spiro atoms. The number of amides is 2. The Bertz CT molecular complexity index is 634. The van der Waals surface area contributed by atoms with Gasteiger partial charge in [0.25, 0.3) is 5.91 Å². The molecule has 0 aliphatic rings. The molecule has 2 amide bonds. The van der Waals surface area contributed by atoms with Gasteiger partial charge in [0.2, 0.25) is 0 Å². The van der Waals surface area contributed by atoms with Crippen molar-refractivity contribution >= 4 is 23.7 Å². The van der Waals surface area contributed by atoms with Gasteiger partial charge in [-0.05, 0) is 58.4 Å². The number of ether oxygens (including phenoxy) is 2. The van der Waals surface area contributed by atoms with Crippen molar-refractivity contribution in [3.05, 3.63) is 29.8 Å². The van der Waals surface area contributed by atoms with Crippen LogP contribution in [0.2, 0.25) is 0 Å². The van der Waals surface area contributed by atoms with Crippen LogP contribution >= 0.6 is 0 Å². The van der Waals surface area contributed by atoms with Gasteiger partial charge in [-0.15, -0.1) is 0 Å². The van der Waals surface area contributed by atoms with Crippen molar-refractivity contribution in [2.75, 3.05) is 12.4 Å². The molecule has 0 fully saturated rings. The Labute approximate surface area is 148 Å². The summed E-state index contributed by atoms with van der Waals surface area (Å²) in [6.45, 7) is 8.70. The van der Waals surface area contributed by atoms with Crippen molar-refractivity contribution in [3.8, 4) is 0 Å². The summed E-state index contributed by atoms with van der Waals surface area (Å²) in [6, 6.07) is 6.27. The Hall–Kier alpha value is -2.57. The lowest BCUT2D eigenvalue weighted by atomic mass is 9.98. The molecule has 1 aromatic rings. The molecule has 2 N–H and O–H groups in total. The maximum atomic E-state index is 12.3. The van der Waals surface area contributed by atoms with E-state index >= 15 is 0 Å². The maximum Gasteiger partial charge on any atom is 0.412 e. The average Bonchev–Trinajstić information content (AvgIpc) is 2.52. The van der Waals surface area contributed by atoms with Crippen LogP contribution in [0.4, 0.5) is 10.5 Å². The van der Waals surface area contributed by atoms with E-state index in [4.69, 9.17) is 9.47 Å². The summed E-state index contributed by atoms with van der Waals surface area (Å²) in [6.07, 6.45) is -0.182. The lowest BCUT2D eigenvalue weighted by molar-refractivity contribution is -0.147. The van der Waals surface area contributed by atoms with Crippen LogP contribution in [-0.2, 0) is 14.3 Å². The first-order valence-electron chi connectivity index (χ1n) is 8.02. The van der Waals surface area contributed by atoms with E-state index in [-0.39, 0.29) is 0 Å². The zero-order valence-electron chi connectivity index (χ0n) is 15.6. The smallest absolute Gasteiger partial charge is 0.412 e. The van der Waals surface area contributed by atoms with Gasteiger partial charge < -0.3 is 14.8 Å². The molecule has 25 heavy (non-hydrogen) atoms. The molecule has 0 aromatic heterocycles. The fraction of sp³-hybridized carbons (Fsp3) is 0.500. The van der Waals surface area contributed by atoms with Gasteiger partial charge >= 0.3 is 12.1 Å². The Kier molecular flexibility index (Phi) is 6.55. The van der Waals surface area contributed by atoms with E-state index in [0.717, 1.165) is 0 Å². The highest BCUT2D eigenvalue weighted by molar-refractivity contribution is 5.98. The second-order valence-electron chi connectivity index (χ2n) is 6.84. The second kappa shape index (κ2) is 8.00. The second-order valence-corrected chi connectivity index (χ2v) is 6.84. The van der Waals surface area contributed by atoms with E-state index in [1.165, 1.54) is 7.11 Å². The summed E-state index contributed by atoms with van der Waals surface area (Å²) in [7, 11) is 1.28. The molecule has 0 heterocycles. The fourth-order valence-electron chi connectivity index (χ4n) is 1.96. The van der Waals surface area contributed by atoms with Crippen LogP contribution in [0.5, 0.6) is 0 Å². The van der Waals surface area contributed by atoms with Crippen LogP contribution < -0.4 is 10.6 Å². The first kappa shape index (κ1) is 20.5. The summed E-state index contributed by atoms with van der Waals surface area (Å²) < 4.78 is 9.89. The van der Waals surface area contributed by atoms with Crippen LogP contribution in [0, 0.1) is 0 Å². The van der Waals surface area contributed by atoms with E-state index in [1.807, 2.05) is 0 Å². The van der Waals surface area contributed by atoms with E-state index in [9.17, 15) is 14.4 Å². The third-order valence-corrected chi connectivity index (χ3v) is 3.52. The normalized spacial score (nSPS) is 13.4. The zero-order valence-corrected chi connectivity index (χ0v) is 15.6. The number of rotatable bonds is 5. The van der Waals surface area contributed by atoms with Gasteiger partial charge in [-0.25, -0.2) is 9.59 Å². The van der Waals surface area contributed by atoms with Gasteiger partial charge in [-0.2, -0.15) is 0 Å². The predicted molar refractivity (Wildman–Crippen MR) is 94.5 cm³/mol. The molecule has 1 unspecified atom stereocenters. The first-order chi connectivity index (χ1) is 11.5. The van der Waals surface area contributed by atoms with Crippen LogP contribution in [0.15, 0.2) is 24.3 Å². The SMILES string of the molecule is CCC(C)(NC(=O)c1ccc(NC(=O)OC(C)(C)C)cc1)C(=O)OC. The monoisotopic (exact) mass is 350 g/mol. The highest BCUT2D eigenvalue weighted by atomic mass is 16.6. The number of benzene rings is 1. The molecule has 0 bridgehead atoms. The minimum Gasteiger partial charge on any atom is -0.467 e.